The lowest BCUT2D eigenvalue weighted by Crippen LogP contribution is -2.21. The molecule has 15 heavy (non-hydrogen) atoms. The Balaban J connectivity index is 2.21. The Morgan fingerprint density at radius 3 is 2.87 bits per heavy atom. The van der Waals surface area contributed by atoms with E-state index in [1.807, 2.05) is 24.3 Å². The van der Waals surface area contributed by atoms with E-state index < -0.39 is 0 Å². The van der Waals surface area contributed by atoms with E-state index in [4.69, 9.17) is 11.6 Å². The molecule has 1 fully saturated rings. The number of halogens is 1. The third-order valence-electron chi connectivity index (χ3n) is 2.74. The van der Waals surface area contributed by atoms with Crippen molar-refractivity contribution in [2.24, 2.45) is 0 Å². The number of nitriles is 1. The Kier molecular flexibility index (Phi) is 3.23. The van der Waals surface area contributed by atoms with Crippen LogP contribution in [-0.4, -0.2) is 10.5 Å². The minimum atomic E-state index is -0.231. The van der Waals surface area contributed by atoms with Gasteiger partial charge in [-0.2, -0.15) is 5.26 Å². The Hall–Kier alpha value is -0.650. The summed E-state index contributed by atoms with van der Waals surface area (Å²) in [6, 6.07) is 10.3. The predicted octanol–water partition coefficient (Wildman–Crippen LogP) is 3.67. The summed E-state index contributed by atoms with van der Waals surface area (Å²) in [4.78, 5) is 0. The van der Waals surface area contributed by atoms with Crippen LogP contribution < -0.4 is 0 Å². The molecule has 0 radical (unpaired) electrons. The van der Waals surface area contributed by atoms with Crippen LogP contribution in [0.3, 0.4) is 0 Å². The molecule has 0 amide bonds. The van der Waals surface area contributed by atoms with E-state index in [0.717, 1.165) is 35.6 Å². The maximum atomic E-state index is 9.25. The zero-order valence-corrected chi connectivity index (χ0v) is 9.94. The van der Waals surface area contributed by atoms with Gasteiger partial charge in [-0.15, -0.1) is 11.8 Å². The molecule has 0 aliphatic carbocycles. The number of thioether (sulfide) groups is 1. The van der Waals surface area contributed by atoms with Gasteiger partial charge in [-0.1, -0.05) is 29.8 Å². The molecular formula is C12H12ClNS. The Morgan fingerprint density at radius 1 is 1.47 bits per heavy atom. The van der Waals surface area contributed by atoms with E-state index >= 15 is 0 Å². The second-order valence-electron chi connectivity index (χ2n) is 3.83. The SMILES string of the molecule is N#CC1(Cc2ccccc2Cl)CCCS1. The minimum absolute atomic E-state index is 0.231. The highest BCUT2D eigenvalue weighted by atomic mass is 35.5. The molecule has 3 heteroatoms. The van der Waals surface area contributed by atoms with E-state index in [1.54, 1.807) is 11.8 Å². The number of hydrogen-bond donors (Lipinski definition) is 0. The summed E-state index contributed by atoms with van der Waals surface area (Å²) >= 11 is 7.88. The van der Waals surface area contributed by atoms with Gasteiger partial charge in [0, 0.05) is 11.4 Å². The standard InChI is InChI=1S/C12H12ClNS/c13-11-5-2-1-4-10(11)8-12(9-14)6-3-7-15-12/h1-2,4-5H,3,6-8H2. The summed E-state index contributed by atoms with van der Waals surface area (Å²) in [5.41, 5.74) is 1.09. The van der Waals surface area contributed by atoms with E-state index in [9.17, 15) is 5.26 Å². The zero-order valence-electron chi connectivity index (χ0n) is 8.37. The van der Waals surface area contributed by atoms with Crippen molar-refractivity contribution < 1.29 is 0 Å². The lowest BCUT2D eigenvalue weighted by Gasteiger charge is -2.19. The first-order valence-corrected chi connectivity index (χ1v) is 6.41. The number of hydrogen-bond acceptors (Lipinski definition) is 2. The summed E-state index contributed by atoms with van der Waals surface area (Å²) in [7, 11) is 0. The van der Waals surface area contributed by atoms with Crippen molar-refractivity contribution >= 4 is 23.4 Å². The molecule has 0 N–H and O–H groups in total. The molecule has 2 rings (SSSR count). The third-order valence-corrected chi connectivity index (χ3v) is 4.59. The van der Waals surface area contributed by atoms with E-state index in [0.29, 0.717) is 0 Å². The molecule has 1 nitrogen and oxygen atoms in total. The Bertz CT molecular complexity index is 391. The van der Waals surface area contributed by atoms with Gasteiger partial charge in [0.15, 0.2) is 0 Å². The molecule has 0 spiro atoms. The first-order valence-electron chi connectivity index (χ1n) is 5.04. The van der Waals surface area contributed by atoms with Gasteiger partial charge in [-0.25, -0.2) is 0 Å². The number of nitrogens with zero attached hydrogens (tertiary/aromatic N) is 1. The van der Waals surface area contributed by atoms with Gasteiger partial charge >= 0.3 is 0 Å². The smallest absolute Gasteiger partial charge is 0.106 e. The number of benzene rings is 1. The first kappa shape index (κ1) is 10.9. The van der Waals surface area contributed by atoms with Crippen LogP contribution in [0.25, 0.3) is 0 Å². The fourth-order valence-electron chi connectivity index (χ4n) is 1.91. The van der Waals surface area contributed by atoms with Crippen LogP contribution in [-0.2, 0) is 6.42 Å². The van der Waals surface area contributed by atoms with Gasteiger partial charge in [-0.3, -0.25) is 0 Å². The van der Waals surface area contributed by atoms with Gasteiger partial charge < -0.3 is 0 Å². The van der Waals surface area contributed by atoms with E-state index in [-0.39, 0.29) is 4.75 Å². The molecule has 1 heterocycles. The van der Waals surface area contributed by atoms with Crippen molar-refractivity contribution in [1.29, 1.82) is 5.26 Å². The molecule has 0 aromatic heterocycles. The summed E-state index contributed by atoms with van der Waals surface area (Å²) in [5.74, 6) is 1.10. The van der Waals surface area contributed by atoms with Crippen molar-refractivity contribution in [2.75, 3.05) is 5.75 Å². The maximum absolute atomic E-state index is 9.25. The fraction of sp³-hybridized carbons (Fsp3) is 0.417. The highest BCUT2D eigenvalue weighted by Gasteiger charge is 2.35. The van der Waals surface area contributed by atoms with Crippen LogP contribution in [0.1, 0.15) is 18.4 Å². The Labute approximate surface area is 99.4 Å². The topological polar surface area (TPSA) is 23.8 Å². The molecule has 1 atom stereocenters. The highest BCUT2D eigenvalue weighted by Crippen LogP contribution is 2.41. The maximum Gasteiger partial charge on any atom is 0.106 e. The normalized spacial score (nSPS) is 25.1. The molecule has 1 aromatic carbocycles. The van der Waals surface area contributed by atoms with Gasteiger partial charge in [0.05, 0.1) is 6.07 Å². The average Bonchev–Trinajstić information content (AvgIpc) is 2.71. The minimum Gasteiger partial charge on any atom is -0.197 e. The zero-order chi connectivity index (χ0) is 10.7. The van der Waals surface area contributed by atoms with Crippen molar-refractivity contribution in [3.05, 3.63) is 34.9 Å². The first-order chi connectivity index (χ1) is 7.26. The quantitative estimate of drug-likeness (QED) is 0.784. The van der Waals surface area contributed by atoms with Gasteiger partial charge in [0.2, 0.25) is 0 Å². The highest BCUT2D eigenvalue weighted by molar-refractivity contribution is 8.01. The van der Waals surface area contributed by atoms with E-state index in [1.165, 1.54) is 0 Å². The molecule has 1 aliphatic rings. The molecule has 1 saturated heterocycles. The van der Waals surface area contributed by atoms with Gasteiger partial charge in [0.1, 0.15) is 4.75 Å². The van der Waals surface area contributed by atoms with Crippen LogP contribution in [0.2, 0.25) is 5.02 Å². The van der Waals surface area contributed by atoms with Crippen molar-refractivity contribution in [3.63, 3.8) is 0 Å². The van der Waals surface area contributed by atoms with Crippen LogP contribution in [0, 0.1) is 11.3 Å². The van der Waals surface area contributed by atoms with Gasteiger partial charge in [-0.05, 0) is 30.2 Å². The molecular weight excluding hydrogens is 226 g/mol. The molecule has 1 unspecified atom stereocenters. The lowest BCUT2D eigenvalue weighted by atomic mass is 9.96. The van der Waals surface area contributed by atoms with E-state index in [2.05, 4.69) is 6.07 Å². The third kappa shape index (κ3) is 2.30. The summed E-state index contributed by atoms with van der Waals surface area (Å²) in [6.45, 7) is 0. The van der Waals surface area contributed by atoms with Crippen molar-refractivity contribution in [1.82, 2.24) is 0 Å². The van der Waals surface area contributed by atoms with Crippen LogP contribution in [0.5, 0.6) is 0 Å². The van der Waals surface area contributed by atoms with Gasteiger partial charge in [0.25, 0.3) is 0 Å². The lowest BCUT2D eigenvalue weighted by molar-refractivity contribution is 0.672. The van der Waals surface area contributed by atoms with Crippen molar-refractivity contribution in [3.8, 4) is 6.07 Å². The molecule has 0 saturated carbocycles. The second kappa shape index (κ2) is 4.47. The second-order valence-corrected chi connectivity index (χ2v) is 5.71. The number of rotatable bonds is 2. The molecule has 1 aliphatic heterocycles. The summed E-state index contributed by atoms with van der Waals surface area (Å²) in [6.07, 6.45) is 2.90. The van der Waals surface area contributed by atoms with Crippen LogP contribution in [0.15, 0.2) is 24.3 Å². The fourth-order valence-corrected chi connectivity index (χ4v) is 3.41. The van der Waals surface area contributed by atoms with Crippen LogP contribution in [0.4, 0.5) is 0 Å². The van der Waals surface area contributed by atoms with Crippen molar-refractivity contribution in [2.45, 2.75) is 24.0 Å². The average molecular weight is 238 g/mol. The summed E-state index contributed by atoms with van der Waals surface area (Å²) in [5, 5.41) is 10.0. The Morgan fingerprint density at radius 2 is 2.27 bits per heavy atom. The monoisotopic (exact) mass is 237 g/mol. The molecule has 0 bridgehead atoms. The largest absolute Gasteiger partial charge is 0.197 e. The molecule has 1 aromatic rings. The summed E-state index contributed by atoms with van der Waals surface area (Å²) < 4.78 is -0.231. The van der Waals surface area contributed by atoms with Crippen LogP contribution >= 0.6 is 23.4 Å². The predicted molar refractivity (Wildman–Crippen MR) is 65.2 cm³/mol. The molecule has 78 valence electrons.